The van der Waals surface area contributed by atoms with Gasteiger partial charge in [0, 0.05) is 44.0 Å². The number of nitrogens with one attached hydrogen (secondary N) is 1. The minimum Gasteiger partial charge on any atom is -0.354 e. The molecule has 1 amide bonds. The fraction of sp³-hybridized carbons (Fsp3) is 0.429. The van der Waals surface area contributed by atoms with Crippen LogP contribution in [0.15, 0.2) is 24.7 Å². The summed E-state index contributed by atoms with van der Waals surface area (Å²) in [5, 5.41) is 7.10. The van der Waals surface area contributed by atoms with Crippen LogP contribution in [-0.4, -0.2) is 38.7 Å². The molecule has 1 unspecified atom stereocenters. The lowest BCUT2D eigenvalue weighted by atomic mass is 10.3. The molecule has 7 nitrogen and oxygen atoms in total. The number of anilines is 2. The van der Waals surface area contributed by atoms with Crippen LogP contribution in [0.5, 0.6) is 0 Å². The highest BCUT2D eigenvalue weighted by molar-refractivity contribution is 5.87. The Kier molecular flexibility index (Phi) is 3.55. The topological polar surface area (TPSA) is 75.9 Å². The molecule has 7 heteroatoms. The molecule has 1 N–H and O–H groups in total. The Balaban J connectivity index is 1.69. The molecule has 3 heterocycles. The van der Waals surface area contributed by atoms with E-state index in [1.54, 1.807) is 6.33 Å². The zero-order chi connectivity index (χ0) is 14.8. The number of rotatable bonds is 3. The van der Waals surface area contributed by atoms with E-state index in [4.69, 9.17) is 0 Å². The van der Waals surface area contributed by atoms with E-state index in [-0.39, 0.29) is 5.91 Å². The van der Waals surface area contributed by atoms with Gasteiger partial charge in [-0.3, -0.25) is 9.48 Å². The highest BCUT2D eigenvalue weighted by Crippen LogP contribution is 2.25. The fourth-order valence-corrected chi connectivity index (χ4v) is 2.57. The number of carbonyl (C=O) groups excluding carboxylic acids is 1. The Morgan fingerprint density at radius 2 is 2.29 bits per heavy atom. The predicted molar refractivity (Wildman–Crippen MR) is 79.2 cm³/mol. The Hall–Kier alpha value is -2.44. The molecular formula is C14H18N6O. The average Bonchev–Trinajstić information content (AvgIpc) is 3.06. The van der Waals surface area contributed by atoms with E-state index >= 15 is 0 Å². The average molecular weight is 286 g/mol. The van der Waals surface area contributed by atoms with Gasteiger partial charge in [-0.15, -0.1) is 0 Å². The van der Waals surface area contributed by atoms with Gasteiger partial charge >= 0.3 is 0 Å². The lowest BCUT2D eigenvalue weighted by Crippen LogP contribution is -2.22. The molecule has 1 saturated heterocycles. The molecular weight excluding hydrogens is 268 g/mol. The molecule has 1 fully saturated rings. The summed E-state index contributed by atoms with van der Waals surface area (Å²) in [6, 6.07) is 4.11. The van der Waals surface area contributed by atoms with Crippen LogP contribution < -0.4 is 10.2 Å². The Labute approximate surface area is 123 Å². The van der Waals surface area contributed by atoms with Gasteiger partial charge in [-0.1, -0.05) is 0 Å². The van der Waals surface area contributed by atoms with Gasteiger partial charge in [-0.25, -0.2) is 9.97 Å². The number of carbonyl (C=O) groups is 1. The molecule has 1 aliphatic heterocycles. The molecule has 2 aromatic heterocycles. The number of amides is 1. The second kappa shape index (κ2) is 5.51. The van der Waals surface area contributed by atoms with Gasteiger partial charge in [-0.05, 0) is 13.3 Å². The first-order valence-electron chi connectivity index (χ1n) is 6.98. The lowest BCUT2D eigenvalue weighted by molar-refractivity contribution is -0.114. The van der Waals surface area contributed by atoms with E-state index in [9.17, 15) is 4.79 Å². The van der Waals surface area contributed by atoms with Crippen molar-refractivity contribution in [1.82, 2.24) is 19.7 Å². The van der Waals surface area contributed by atoms with E-state index in [1.807, 2.05) is 29.9 Å². The summed E-state index contributed by atoms with van der Waals surface area (Å²) < 4.78 is 1.92. The third kappa shape index (κ3) is 3.01. The molecule has 1 atom stereocenters. The summed E-state index contributed by atoms with van der Waals surface area (Å²) in [4.78, 5) is 21.7. The van der Waals surface area contributed by atoms with E-state index in [0.717, 1.165) is 31.0 Å². The van der Waals surface area contributed by atoms with Crippen LogP contribution in [0.3, 0.4) is 0 Å². The summed E-state index contributed by atoms with van der Waals surface area (Å²) in [5.41, 5.74) is 0.968. The van der Waals surface area contributed by atoms with Crippen LogP contribution in [0.2, 0.25) is 0 Å². The van der Waals surface area contributed by atoms with Crippen LogP contribution in [0, 0.1) is 6.92 Å². The van der Waals surface area contributed by atoms with Gasteiger partial charge in [-0.2, -0.15) is 5.10 Å². The smallest absolute Gasteiger partial charge is 0.222 e. The van der Waals surface area contributed by atoms with Crippen molar-refractivity contribution in [1.29, 1.82) is 0 Å². The molecule has 3 rings (SSSR count). The summed E-state index contributed by atoms with van der Waals surface area (Å²) in [5.74, 6) is 1.45. The molecule has 0 radical (unpaired) electrons. The van der Waals surface area contributed by atoms with E-state index in [0.29, 0.717) is 11.9 Å². The van der Waals surface area contributed by atoms with Crippen molar-refractivity contribution in [3.05, 3.63) is 30.4 Å². The first-order valence-corrected chi connectivity index (χ1v) is 6.98. The van der Waals surface area contributed by atoms with E-state index in [2.05, 4.69) is 25.3 Å². The number of hydrogen-bond acceptors (Lipinski definition) is 5. The number of aromatic nitrogens is 4. The van der Waals surface area contributed by atoms with Crippen LogP contribution in [0.25, 0.3) is 0 Å². The molecule has 21 heavy (non-hydrogen) atoms. The minimum atomic E-state index is -0.107. The van der Waals surface area contributed by atoms with Crippen molar-refractivity contribution in [2.75, 3.05) is 23.3 Å². The largest absolute Gasteiger partial charge is 0.354 e. The van der Waals surface area contributed by atoms with Crippen molar-refractivity contribution in [3.63, 3.8) is 0 Å². The second-order valence-corrected chi connectivity index (χ2v) is 5.27. The molecule has 0 spiro atoms. The highest BCUT2D eigenvalue weighted by atomic mass is 16.1. The first kappa shape index (κ1) is 13.5. The molecule has 2 aromatic rings. The normalized spacial score (nSPS) is 18.0. The Bertz CT molecular complexity index is 652. The van der Waals surface area contributed by atoms with Crippen LogP contribution in [0.4, 0.5) is 11.6 Å². The van der Waals surface area contributed by atoms with Crippen molar-refractivity contribution < 1.29 is 4.79 Å². The predicted octanol–water partition coefficient (Wildman–Crippen LogP) is 1.39. The number of aryl methyl sites for hydroxylation is 1. The quantitative estimate of drug-likeness (QED) is 0.922. The van der Waals surface area contributed by atoms with Crippen LogP contribution >= 0.6 is 0 Å². The van der Waals surface area contributed by atoms with Gasteiger partial charge in [0.25, 0.3) is 0 Å². The van der Waals surface area contributed by atoms with Gasteiger partial charge in [0.1, 0.15) is 12.1 Å². The fourth-order valence-electron chi connectivity index (χ4n) is 2.57. The summed E-state index contributed by atoms with van der Waals surface area (Å²) >= 11 is 0. The molecule has 110 valence electrons. The third-order valence-corrected chi connectivity index (χ3v) is 3.56. The van der Waals surface area contributed by atoms with Gasteiger partial charge in [0.2, 0.25) is 5.91 Å². The molecule has 0 saturated carbocycles. The molecule has 0 bridgehead atoms. The van der Waals surface area contributed by atoms with E-state index < -0.39 is 0 Å². The minimum absolute atomic E-state index is 0.107. The molecule has 0 aliphatic carbocycles. The Morgan fingerprint density at radius 3 is 3.05 bits per heavy atom. The van der Waals surface area contributed by atoms with Crippen molar-refractivity contribution in [2.45, 2.75) is 26.3 Å². The van der Waals surface area contributed by atoms with Gasteiger partial charge < -0.3 is 10.2 Å². The van der Waals surface area contributed by atoms with Crippen LogP contribution in [0.1, 0.15) is 25.1 Å². The molecule has 0 aromatic carbocycles. The summed E-state index contributed by atoms with van der Waals surface area (Å²) in [6.07, 6.45) is 4.51. The van der Waals surface area contributed by atoms with Crippen molar-refractivity contribution >= 4 is 17.5 Å². The van der Waals surface area contributed by atoms with Crippen LogP contribution in [-0.2, 0) is 4.79 Å². The zero-order valence-corrected chi connectivity index (χ0v) is 12.2. The van der Waals surface area contributed by atoms with Crippen molar-refractivity contribution in [3.8, 4) is 0 Å². The Morgan fingerprint density at radius 1 is 1.43 bits per heavy atom. The first-order chi connectivity index (χ1) is 10.1. The SMILES string of the molecule is CC(=O)Nc1ccn(C2CCN(c3cc(C)ncn3)C2)n1. The summed E-state index contributed by atoms with van der Waals surface area (Å²) in [6.45, 7) is 5.24. The van der Waals surface area contributed by atoms with Gasteiger partial charge in [0.05, 0.1) is 6.04 Å². The standard InChI is InChI=1S/C14H18N6O/c1-10-7-14(16-9-15-10)19-5-3-12(8-19)20-6-4-13(18-20)17-11(2)21/h4,6-7,9,12H,3,5,8H2,1-2H3,(H,17,18,21). The maximum Gasteiger partial charge on any atom is 0.222 e. The maximum atomic E-state index is 11.0. The second-order valence-electron chi connectivity index (χ2n) is 5.27. The van der Waals surface area contributed by atoms with Crippen molar-refractivity contribution in [2.24, 2.45) is 0 Å². The summed E-state index contributed by atoms with van der Waals surface area (Å²) in [7, 11) is 0. The maximum absolute atomic E-state index is 11.0. The number of hydrogen-bond donors (Lipinski definition) is 1. The number of nitrogens with zero attached hydrogens (tertiary/aromatic N) is 5. The molecule has 1 aliphatic rings. The lowest BCUT2D eigenvalue weighted by Gasteiger charge is -2.17. The highest BCUT2D eigenvalue weighted by Gasteiger charge is 2.25. The monoisotopic (exact) mass is 286 g/mol. The van der Waals surface area contributed by atoms with Gasteiger partial charge in [0.15, 0.2) is 5.82 Å². The third-order valence-electron chi connectivity index (χ3n) is 3.56. The zero-order valence-electron chi connectivity index (χ0n) is 12.2. The van der Waals surface area contributed by atoms with E-state index in [1.165, 1.54) is 6.92 Å².